The molecule has 0 saturated heterocycles. The lowest BCUT2D eigenvalue weighted by Crippen LogP contribution is -2.10. The summed E-state index contributed by atoms with van der Waals surface area (Å²) >= 11 is 0. The standard InChI is InChI=1S/C52H35NO/c1-4-13-36(14-5-1)38-23-28-43(29-24-38)53(44-30-25-39(26-31-44)37-15-6-2-7-16-37)45-20-12-19-41(33-45)42-27-32-48-50(34-42)54-51-35-49(40-17-8-3-9-18-40)46-21-10-11-22-47(46)52(48)51/h1-35H. The summed E-state index contributed by atoms with van der Waals surface area (Å²) in [4.78, 5) is 2.34. The van der Waals surface area contributed by atoms with Crippen LogP contribution in [0.5, 0.6) is 0 Å². The SMILES string of the molecule is c1ccc(-c2ccc(N(c3ccc(-c4ccccc4)cc3)c3cccc(-c4ccc5c(c4)oc4cc(-c6ccccc6)c6ccccc6c45)c3)cc2)cc1. The second-order valence-electron chi connectivity index (χ2n) is 13.7. The summed E-state index contributed by atoms with van der Waals surface area (Å²) in [6, 6.07) is 75.7. The molecule has 0 aliphatic rings. The molecule has 0 amide bonds. The third kappa shape index (κ3) is 5.71. The summed E-state index contributed by atoms with van der Waals surface area (Å²) in [6.45, 7) is 0. The first-order valence-electron chi connectivity index (χ1n) is 18.4. The number of rotatable bonds is 7. The Balaban J connectivity index is 1.07. The Morgan fingerprint density at radius 1 is 0.278 bits per heavy atom. The van der Waals surface area contributed by atoms with Crippen molar-refractivity contribution in [2.75, 3.05) is 4.90 Å². The minimum absolute atomic E-state index is 0.883. The van der Waals surface area contributed by atoms with Crippen molar-refractivity contribution in [1.29, 1.82) is 0 Å². The van der Waals surface area contributed by atoms with E-state index in [-0.39, 0.29) is 0 Å². The molecule has 1 heterocycles. The zero-order valence-electron chi connectivity index (χ0n) is 29.6. The molecule has 2 heteroatoms. The Morgan fingerprint density at radius 2 is 0.759 bits per heavy atom. The van der Waals surface area contributed by atoms with Crippen LogP contribution in [0, 0.1) is 0 Å². The second kappa shape index (κ2) is 13.4. The largest absolute Gasteiger partial charge is 0.456 e. The predicted molar refractivity (Wildman–Crippen MR) is 228 cm³/mol. The number of benzene rings is 9. The van der Waals surface area contributed by atoms with Gasteiger partial charge in [0.15, 0.2) is 0 Å². The number of nitrogens with zero attached hydrogens (tertiary/aromatic N) is 1. The first kappa shape index (κ1) is 31.6. The zero-order chi connectivity index (χ0) is 35.8. The van der Waals surface area contributed by atoms with Crippen molar-refractivity contribution in [2.45, 2.75) is 0 Å². The van der Waals surface area contributed by atoms with Gasteiger partial charge in [-0.2, -0.15) is 0 Å². The zero-order valence-corrected chi connectivity index (χ0v) is 29.6. The van der Waals surface area contributed by atoms with Gasteiger partial charge in [-0.3, -0.25) is 0 Å². The molecule has 1 aromatic heterocycles. The maximum absolute atomic E-state index is 6.69. The number of hydrogen-bond acceptors (Lipinski definition) is 2. The topological polar surface area (TPSA) is 16.4 Å². The lowest BCUT2D eigenvalue weighted by Gasteiger charge is -2.26. The van der Waals surface area contributed by atoms with E-state index in [2.05, 4.69) is 217 Å². The summed E-state index contributed by atoms with van der Waals surface area (Å²) in [5.74, 6) is 0. The minimum atomic E-state index is 0.883. The van der Waals surface area contributed by atoms with Gasteiger partial charge in [0, 0.05) is 27.8 Å². The van der Waals surface area contributed by atoms with Gasteiger partial charge >= 0.3 is 0 Å². The van der Waals surface area contributed by atoms with E-state index >= 15 is 0 Å². The molecule has 54 heavy (non-hydrogen) atoms. The van der Waals surface area contributed by atoms with Crippen molar-refractivity contribution in [2.24, 2.45) is 0 Å². The van der Waals surface area contributed by atoms with Crippen LogP contribution in [0.3, 0.4) is 0 Å². The molecule has 0 N–H and O–H groups in total. The van der Waals surface area contributed by atoms with Crippen molar-refractivity contribution < 1.29 is 4.42 Å². The van der Waals surface area contributed by atoms with Gasteiger partial charge in [-0.15, -0.1) is 0 Å². The maximum Gasteiger partial charge on any atom is 0.136 e. The lowest BCUT2D eigenvalue weighted by atomic mass is 9.94. The van der Waals surface area contributed by atoms with E-state index in [4.69, 9.17) is 4.42 Å². The summed E-state index contributed by atoms with van der Waals surface area (Å²) < 4.78 is 6.69. The predicted octanol–water partition coefficient (Wildman–Crippen LogP) is 14.9. The molecule has 0 aliphatic carbocycles. The van der Waals surface area contributed by atoms with Crippen LogP contribution in [-0.2, 0) is 0 Å². The van der Waals surface area contributed by atoms with Crippen LogP contribution in [0.4, 0.5) is 17.1 Å². The summed E-state index contributed by atoms with van der Waals surface area (Å²) in [6.07, 6.45) is 0. The van der Waals surface area contributed by atoms with Gasteiger partial charge in [0.1, 0.15) is 11.2 Å². The van der Waals surface area contributed by atoms with Crippen LogP contribution in [-0.4, -0.2) is 0 Å². The summed E-state index contributed by atoms with van der Waals surface area (Å²) in [7, 11) is 0. The highest BCUT2D eigenvalue weighted by Gasteiger charge is 2.17. The third-order valence-corrected chi connectivity index (χ3v) is 10.5. The average molecular weight is 690 g/mol. The number of anilines is 3. The van der Waals surface area contributed by atoms with Crippen LogP contribution >= 0.6 is 0 Å². The van der Waals surface area contributed by atoms with E-state index in [0.29, 0.717) is 0 Å². The van der Waals surface area contributed by atoms with Crippen LogP contribution < -0.4 is 4.90 Å². The van der Waals surface area contributed by atoms with Crippen LogP contribution in [0.1, 0.15) is 0 Å². The Labute approximate surface area is 314 Å². The smallest absolute Gasteiger partial charge is 0.136 e. The molecular weight excluding hydrogens is 655 g/mol. The van der Waals surface area contributed by atoms with E-state index in [9.17, 15) is 0 Å². The highest BCUT2D eigenvalue weighted by atomic mass is 16.3. The first-order chi connectivity index (χ1) is 26.8. The molecular formula is C52H35NO. The molecule has 2 nitrogen and oxygen atoms in total. The van der Waals surface area contributed by atoms with Crippen LogP contribution in [0.15, 0.2) is 217 Å². The van der Waals surface area contributed by atoms with E-state index < -0.39 is 0 Å². The van der Waals surface area contributed by atoms with Gasteiger partial charge in [-0.25, -0.2) is 0 Å². The molecule has 0 radical (unpaired) electrons. The quantitative estimate of drug-likeness (QED) is 0.166. The molecule has 0 atom stereocenters. The van der Waals surface area contributed by atoms with Crippen LogP contribution in [0.2, 0.25) is 0 Å². The fourth-order valence-electron chi connectivity index (χ4n) is 7.81. The Bertz CT molecular complexity index is 2810. The molecule has 0 unspecified atom stereocenters. The van der Waals surface area contributed by atoms with Crippen LogP contribution in [0.25, 0.3) is 77.2 Å². The van der Waals surface area contributed by atoms with Crippen molar-refractivity contribution >= 4 is 49.8 Å². The van der Waals surface area contributed by atoms with Gasteiger partial charge in [-0.05, 0) is 110 Å². The fourth-order valence-corrected chi connectivity index (χ4v) is 7.81. The molecule has 10 rings (SSSR count). The molecule has 0 bridgehead atoms. The van der Waals surface area contributed by atoms with Crippen molar-refractivity contribution in [3.05, 3.63) is 212 Å². The summed E-state index contributed by atoms with van der Waals surface area (Å²) in [5, 5.41) is 4.71. The Kier molecular flexibility index (Phi) is 7.85. The third-order valence-electron chi connectivity index (χ3n) is 10.5. The van der Waals surface area contributed by atoms with Gasteiger partial charge in [-0.1, -0.05) is 158 Å². The van der Waals surface area contributed by atoms with E-state index in [0.717, 1.165) is 50.1 Å². The molecule has 10 aromatic rings. The van der Waals surface area contributed by atoms with Gasteiger partial charge < -0.3 is 9.32 Å². The van der Waals surface area contributed by atoms with Crippen molar-refractivity contribution in [3.8, 4) is 44.5 Å². The number of furan rings is 1. The fraction of sp³-hybridized carbons (Fsp3) is 0. The molecule has 0 saturated carbocycles. The normalized spacial score (nSPS) is 11.3. The molecule has 0 fully saturated rings. The average Bonchev–Trinajstić information content (AvgIpc) is 3.63. The van der Waals surface area contributed by atoms with Crippen molar-refractivity contribution in [1.82, 2.24) is 0 Å². The van der Waals surface area contributed by atoms with E-state index in [1.54, 1.807) is 0 Å². The molecule has 9 aromatic carbocycles. The number of hydrogen-bond donors (Lipinski definition) is 0. The first-order valence-corrected chi connectivity index (χ1v) is 18.4. The van der Waals surface area contributed by atoms with Gasteiger partial charge in [0.05, 0.1) is 0 Å². The van der Waals surface area contributed by atoms with E-state index in [1.165, 1.54) is 44.2 Å². The highest BCUT2D eigenvalue weighted by molar-refractivity contribution is 6.22. The molecule has 0 spiro atoms. The number of fused-ring (bicyclic) bond motifs is 5. The second-order valence-corrected chi connectivity index (χ2v) is 13.7. The van der Waals surface area contributed by atoms with E-state index in [1.807, 2.05) is 0 Å². The highest BCUT2D eigenvalue weighted by Crippen LogP contribution is 2.42. The maximum atomic E-state index is 6.69. The monoisotopic (exact) mass is 689 g/mol. The lowest BCUT2D eigenvalue weighted by molar-refractivity contribution is 0.669. The Morgan fingerprint density at radius 3 is 1.37 bits per heavy atom. The minimum Gasteiger partial charge on any atom is -0.456 e. The molecule has 0 aliphatic heterocycles. The molecule has 254 valence electrons. The Hall–Kier alpha value is -7.16. The van der Waals surface area contributed by atoms with Gasteiger partial charge in [0.25, 0.3) is 0 Å². The van der Waals surface area contributed by atoms with Gasteiger partial charge in [0.2, 0.25) is 0 Å². The summed E-state index contributed by atoms with van der Waals surface area (Å²) in [5.41, 5.74) is 14.4. The van der Waals surface area contributed by atoms with Crippen molar-refractivity contribution in [3.63, 3.8) is 0 Å².